The van der Waals surface area contributed by atoms with Crippen LogP contribution in [0.1, 0.15) is 44.3 Å². The Morgan fingerprint density at radius 2 is 2.40 bits per heavy atom. The molecule has 4 nitrogen and oxygen atoms in total. The molecule has 1 aromatic heterocycles. The van der Waals surface area contributed by atoms with E-state index in [1.807, 2.05) is 0 Å². The molecule has 3 aliphatic rings. The molecule has 0 aromatic carbocycles. The number of carbonyl (C=O) groups excluding carboxylic acids is 1. The minimum absolute atomic E-state index is 0.0339. The highest BCUT2D eigenvalue weighted by Gasteiger charge is 2.51. The molecule has 3 aliphatic heterocycles. The smallest absolute Gasteiger partial charge is 0.241 e. The zero-order valence-corrected chi connectivity index (χ0v) is 12.4. The third kappa shape index (κ3) is 1.84. The van der Waals surface area contributed by atoms with Crippen LogP contribution < -0.4 is 5.32 Å². The summed E-state index contributed by atoms with van der Waals surface area (Å²) in [5, 5.41) is 7.73. The zero-order chi connectivity index (χ0) is 13.7. The lowest BCUT2D eigenvalue weighted by Gasteiger charge is -2.33. The maximum Gasteiger partial charge on any atom is 0.241 e. The minimum atomic E-state index is -0.0426. The Hall–Kier alpha value is -0.910. The Morgan fingerprint density at radius 1 is 1.50 bits per heavy atom. The van der Waals surface area contributed by atoms with Gasteiger partial charge in [-0.2, -0.15) is 11.3 Å². The molecular formula is C15H20N2O2S. The zero-order valence-electron chi connectivity index (χ0n) is 11.6. The highest BCUT2D eigenvalue weighted by molar-refractivity contribution is 7.07. The maximum absolute atomic E-state index is 12.7. The number of thiophene rings is 1. The van der Waals surface area contributed by atoms with Crippen LogP contribution in [0.15, 0.2) is 16.8 Å². The molecule has 0 radical (unpaired) electrons. The SMILES string of the molecule is CCC1NC(c2ccsc2)N(C2CC3CCC2O3)C1=O. The van der Waals surface area contributed by atoms with Crippen molar-refractivity contribution in [3.8, 4) is 0 Å². The molecule has 5 heteroatoms. The number of fused-ring (bicyclic) bond motifs is 2. The van der Waals surface area contributed by atoms with E-state index >= 15 is 0 Å². The summed E-state index contributed by atoms with van der Waals surface area (Å²) in [6.45, 7) is 2.07. The van der Waals surface area contributed by atoms with E-state index in [-0.39, 0.29) is 30.3 Å². The van der Waals surface area contributed by atoms with Crippen LogP contribution in [0.25, 0.3) is 0 Å². The quantitative estimate of drug-likeness (QED) is 0.929. The van der Waals surface area contributed by atoms with Gasteiger partial charge in [0.05, 0.1) is 24.3 Å². The molecular weight excluding hydrogens is 272 g/mol. The third-order valence-corrected chi connectivity index (χ3v) is 5.59. The molecule has 108 valence electrons. The van der Waals surface area contributed by atoms with E-state index in [2.05, 4.69) is 34.0 Å². The first-order chi connectivity index (χ1) is 9.78. The summed E-state index contributed by atoms with van der Waals surface area (Å²) in [7, 11) is 0. The van der Waals surface area contributed by atoms with E-state index < -0.39 is 0 Å². The first kappa shape index (κ1) is 12.8. The summed E-state index contributed by atoms with van der Waals surface area (Å²) < 4.78 is 5.96. The molecule has 2 bridgehead atoms. The average molecular weight is 292 g/mol. The number of amides is 1. The normalized spacial score (nSPS) is 40.0. The van der Waals surface area contributed by atoms with Gasteiger partial charge >= 0.3 is 0 Å². The van der Waals surface area contributed by atoms with Gasteiger partial charge in [0.2, 0.25) is 5.91 Å². The van der Waals surface area contributed by atoms with E-state index in [1.165, 1.54) is 5.56 Å². The van der Waals surface area contributed by atoms with Crippen LogP contribution >= 0.6 is 11.3 Å². The molecule has 5 unspecified atom stereocenters. The lowest BCUT2D eigenvalue weighted by Crippen LogP contribution is -2.45. The number of ether oxygens (including phenoxy) is 1. The molecule has 20 heavy (non-hydrogen) atoms. The van der Waals surface area contributed by atoms with Gasteiger partial charge in [0.1, 0.15) is 6.17 Å². The van der Waals surface area contributed by atoms with Crippen molar-refractivity contribution >= 4 is 17.2 Å². The lowest BCUT2D eigenvalue weighted by atomic mass is 9.93. The number of rotatable bonds is 3. The van der Waals surface area contributed by atoms with Gasteiger partial charge in [0, 0.05) is 0 Å². The standard InChI is InChI=1S/C15H20N2O2S/c1-2-11-15(18)17(12-7-10-3-4-13(12)19-10)14(16-11)9-5-6-20-8-9/h5-6,8,10-14,16H,2-4,7H2,1H3. The first-order valence-electron chi connectivity index (χ1n) is 7.53. The summed E-state index contributed by atoms with van der Waals surface area (Å²) in [4.78, 5) is 14.8. The molecule has 0 saturated carbocycles. The highest BCUT2D eigenvalue weighted by Crippen LogP contribution is 2.42. The molecule has 1 aromatic rings. The third-order valence-electron chi connectivity index (χ3n) is 4.89. The molecule has 5 atom stereocenters. The van der Waals surface area contributed by atoms with E-state index in [1.54, 1.807) is 11.3 Å². The Balaban J connectivity index is 1.65. The summed E-state index contributed by atoms with van der Waals surface area (Å²) in [6.07, 6.45) is 4.78. The monoisotopic (exact) mass is 292 g/mol. The van der Waals surface area contributed by atoms with E-state index in [9.17, 15) is 4.79 Å². The highest BCUT2D eigenvalue weighted by atomic mass is 32.1. The largest absolute Gasteiger partial charge is 0.373 e. The molecule has 1 N–H and O–H groups in total. The van der Waals surface area contributed by atoms with E-state index in [4.69, 9.17) is 4.74 Å². The van der Waals surface area contributed by atoms with Gasteiger partial charge in [-0.15, -0.1) is 0 Å². The first-order valence-corrected chi connectivity index (χ1v) is 8.48. The number of nitrogens with one attached hydrogen (secondary N) is 1. The molecule has 3 saturated heterocycles. The van der Waals surface area contributed by atoms with Gasteiger partial charge in [-0.25, -0.2) is 0 Å². The van der Waals surface area contributed by atoms with E-state index in [0.717, 1.165) is 25.7 Å². The Bertz CT molecular complexity index is 504. The fraction of sp³-hybridized carbons (Fsp3) is 0.667. The van der Waals surface area contributed by atoms with Crippen LogP contribution in [0.5, 0.6) is 0 Å². The van der Waals surface area contributed by atoms with Crippen molar-refractivity contribution in [1.82, 2.24) is 10.2 Å². The summed E-state index contributed by atoms with van der Waals surface area (Å²) in [6, 6.07) is 2.34. The topological polar surface area (TPSA) is 41.6 Å². The van der Waals surface area contributed by atoms with Crippen LogP contribution in [-0.4, -0.2) is 35.1 Å². The van der Waals surface area contributed by atoms with Crippen molar-refractivity contribution in [3.05, 3.63) is 22.4 Å². The second-order valence-corrected chi connectivity index (χ2v) is 6.79. The van der Waals surface area contributed by atoms with E-state index in [0.29, 0.717) is 6.10 Å². The summed E-state index contributed by atoms with van der Waals surface area (Å²) in [5.74, 6) is 0.254. The molecule has 1 amide bonds. The number of carbonyl (C=O) groups is 1. The minimum Gasteiger partial charge on any atom is -0.373 e. The fourth-order valence-corrected chi connectivity index (χ4v) is 4.57. The van der Waals surface area contributed by atoms with Gasteiger partial charge in [-0.3, -0.25) is 10.1 Å². The summed E-state index contributed by atoms with van der Waals surface area (Å²) >= 11 is 1.69. The molecule has 4 heterocycles. The van der Waals surface area contributed by atoms with Crippen molar-refractivity contribution in [2.24, 2.45) is 0 Å². The Morgan fingerprint density at radius 3 is 3.00 bits per heavy atom. The molecule has 3 fully saturated rings. The average Bonchev–Trinajstić information content (AvgIpc) is 3.22. The molecule has 0 spiro atoms. The van der Waals surface area contributed by atoms with Gasteiger partial charge in [-0.05, 0) is 48.1 Å². The van der Waals surface area contributed by atoms with Crippen LogP contribution in [0.3, 0.4) is 0 Å². The Kier molecular flexibility index (Phi) is 3.09. The summed E-state index contributed by atoms with van der Waals surface area (Å²) in [5.41, 5.74) is 1.21. The van der Waals surface area contributed by atoms with Crippen molar-refractivity contribution in [3.63, 3.8) is 0 Å². The second kappa shape index (κ2) is 4.83. The van der Waals surface area contributed by atoms with Crippen LogP contribution in [-0.2, 0) is 9.53 Å². The van der Waals surface area contributed by atoms with Crippen molar-refractivity contribution < 1.29 is 9.53 Å². The van der Waals surface area contributed by atoms with Gasteiger partial charge in [0.15, 0.2) is 0 Å². The van der Waals surface area contributed by atoms with Crippen LogP contribution in [0.2, 0.25) is 0 Å². The molecule has 4 rings (SSSR count). The number of nitrogens with zero attached hydrogens (tertiary/aromatic N) is 1. The Labute approximate surface area is 123 Å². The molecule has 0 aliphatic carbocycles. The van der Waals surface area contributed by atoms with Crippen LogP contribution in [0, 0.1) is 0 Å². The van der Waals surface area contributed by atoms with Crippen molar-refractivity contribution in [2.45, 2.75) is 63.1 Å². The van der Waals surface area contributed by atoms with Crippen molar-refractivity contribution in [2.75, 3.05) is 0 Å². The predicted molar refractivity (Wildman–Crippen MR) is 77.4 cm³/mol. The number of hydrogen-bond donors (Lipinski definition) is 1. The van der Waals surface area contributed by atoms with Crippen molar-refractivity contribution in [1.29, 1.82) is 0 Å². The lowest BCUT2D eigenvalue weighted by molar-refractivity contribution is -0.133. The number of hydrogen-bond acceptors (Lipinski definition) is 4. The van der Waals surface area contributed by atoms with Crippen LogP contribution in [0.4, 0.5) is 0 Å². The van der Waals surface area contributed by atoms with Gasteiger partial charge in [0.25, 0.3) is 0 Å². The van der Waals surface area contributed by atoms with Gasteiger partial charge in [-0.1, -0.05) is 6.92 Å². The maximum atomic E-state index is 12.7. The second-order valence-electron chi connectivity index (χ2n) is 6.01. The predicted octanol–water partition coefficient (Wildman–Crippen LogP) is 2.28. The van der Waals surface area contributed by atoms with Gasteiger partial charge < -0.3 is 9.64 Å². The fourth-order valence-electron chi connectivity index (χ4n) is 3.89.